The third kappa shape index (κ3) is 7.09. The second kappa shape index (κ2) is 9.31. The minimum atomic E-state index is -0.554. The fraction of sp³-hybridized carbons (Fsp3) is 1.00. The van der Waals surface area contributed by atoms with Crippen molar-refractivity contribution in [2.75, 3.05) is 58.9 Å². The average Bonchev–Trinajstić information content (AvgIpc) is 2.34. The molecule has 0 radical (unpaired) electrons. The highest BCUT2D eigenvalue weighted by Gasteiger charge is 2.27. The fourth-order valence-electron chi connectivity index (χ4n) is 1.72. The van der Waals surface area contributed by atoms with Crippen molar-refractivity contribution in [2.24, 2.45) is 0 Å². The van der Waals surface area contributed by atoms with Crippen LogP contribution >= 0.6 is 23.4 Å². The Morgan fingerprint density at radius 3 is 1.83 bits per heavy atom. The Kier molecular flexibility index (Phi) is 8.50. The van der Waals surface area contributed by atoms with Crippen molar-refractivity contribution in [1.29, 1.82) is 0 Å². The number of nitrogens with zero attached hydrogens (tertiary/aromatic N) is 1. The summed E-state index contributed by atoms with van der Waals surface area (Å²) in [5.74, 6) is 0. The molecule has 1 atom stereocenters. The van der Waals surface area contributed by atoms with Crippen molar-refractivity contribution in [3.05, 3.63) is 0 Å². The Balaban J connectivity index is 2.34. The summed E-state index contributed by atoms with van der Waals surface area (Å²) in [7, 11) is 0. The molecule has 0 aromatic rings. The van der Waals surface area contributed by atoms with E-state index in [9.17, 15) is 0 Å². The molecule has 1 aliphatic heterocycles. The number of alkyl halides is 1. The molecule has 1 heterocycles. The monoisotopic (exact) mass is 297 g/mol. The maximum Gasteiger partial charge on any atom is 0.119 e. The lowest BCUT2D eigenvalue weighted by Gasteiger charge is -2.31. The van der Waals surface area contributed by atoms with E-state index in [1.165, 1.54) is 0 Å². The van der Waals surface area contributed by atoms with Gasteiger partial charge in [-0.05, 0) is 18.7 Å². The van der Waals surface area contributed by atoms with E-state index in [1.807, 2.05) is 6.92 Å². The Morgan fingerprint density at radius 2 is 1.28 bits per heavy atom. The molecule has 0 aromatic carbocycles. The molecule has 0 saturated carbocycles. The Morgan fingerprint density at radius 1 is 0.833 bits per heavy atom. The molecule has 0 amide bonds. The summed E-state index contributed by atoms with van der Waals surface area (Å²) >= 11 is 12.6. The van der Waals surface area contributed by atoms with Gasteiger partial charge < -0.3 is 21.3 Å². The average molecular weight is 298 g/mol. The molecule has 4 N–H and O–H groups in total. The maximum atomic E-state index is 6.40. The lowest BCUT2D eigenvalue weighted by atomic mass is 10.3. The molecule has 1 saturated heterocycles. The summed E-state index contributed by atoms with van der Waals surface area (Å²) in [6.07, 6.45) is 0. The molecule has 1 rings (SSSR count). The predicted octanol–water partition coefficient (Wildman–Crippen LogP) is -0.231. The third-order valence-electron chi connectivity index (χ3n) is 2.87. The van der Waals surface area contributed by atoms with Gasteiger partial charge in [0.15, 0.2) is 0 Å². The fourth-order valence-corrected chi connectivity index (χ4v) is 2.04. The highest BCUT2D eigenvalue weighted by atomic mass is 35.5. The van der Waals surface area contributed by atoms with E-state index in [4.69, 9.17) is 23.4 Å². The van der Waals surface area contributed by atoms with Gasteiger partial charge in [-0.25, -0.2) is 0 Å². The van der Waals surface area contributed by atoms with E-state index < -0.39 is 5.00 Å². The molecular formula is C11H25Cl2N5. The summed E-state index contributed by atoms with van der Waals surface area (Å²) < 4.78 is 1.66. The number of hydrogen-bond donors (Lipinski definition) is 4. The van der Waals surface area contributed by atoms with Crippen LogP contribution in [0, 0.1) is 0 Å². The zero-order valence-corrected chi connectivity index (χ0v) is 12.6. The smallest absolute Gasteiger partial charge is 0.119 e. The molecule has 0 aliphatic carbocycles. The van der Waals surface area contributed by atoms with E-state index in [-0.39, 0.29) is 0 Å². The summed E-state index contributed by atoms with van der Waals surface area (Å²) in [5.41, 5.74) is 0. The predicted molar refractivity (Wildman–Crippen MR) is 78.3 cm³/mol. The molecule has 108 valence electrons. The van der Waals surface area contributed by atoms with Crippen molar-refractivity contribution in [2.45, 2.75) is 11.9 Å². The first-order valence-electron chi connectivity index (χ1n) is 6.58. The normalized spacial score (nSPS) is 31.5. The first-order valence-corrected chi connectivity index (χ1v) is 7.30. The number of rotatable bonds is 0. The van der Waals surface area contributed by atoms with Gasteiger partial charge in [-0.15, -0.1) is 0 Å². The number of halogens is 2. The molecule has 18 heavy (non-hydrogen) atoms. The molecule has 0 unspecified atom stereocenters. The van der Waals surface area contributed by atoms with Crippen LogP contribution in [-0.2, 0) is 0 Å². The minimum absolute atomic E-state index is 0.554. The van der Waals surface area contributed by atoms with Crippen molar-refractivity contribution in [1.82, 2.24) is 25.7 Å². The van der Waals surface area contributed by atoms with E-state index in [0.717, 1.165) is 52.4 Å². The van der Waals surface area contributed by atoms with Crippen LogP contribution < -0.4 is 21.3 Å². The lowest BCUT2D eigenvalue weighted by molar-refractivity contribution is 0.301. The Bertz CT molecular complexity index is 216. The molecule has 0 bridgehead atoms. The van der Waals surface area contributed by atoms with Crippen LogP contribution in [0.4, 0.5) is 0 Å². The molecule has 7 heteroatoms. The van der Waals surface area contributed by atoms with Gasteiger partial charge in [0.05, 0.1) is 0 Å². The van der Waals surface area contributed by atoms with Crippen molar-refractivity contribution in [3.63, 3.8) is 0 Å². The van der Waals surface area contributed by atoms with Crippen LogP contribution in [0.25, 0.3) is 0 Å². The topological polar surface area (TPSA) is 51.4 Å². The largest absolute Gasteiger partial charge is 0.314 e. The zero-order valence-electron chi connectivity index (χ0n) is 11.1. The summed E-state index contributed by atoms with van der Waals surface area (Å²) in [6.45, 7) is 9.90. The number of hydrogen-bond acceptors (Lipinski definition) is 5. The molecule has 0 spiro atoms. The van der Waals surface area contributed by atoms with Crippen LogP contribution in [0.1, 0.15) is 6.92 Å². The van der Waals surface area contributed by atoms with Gasteiger partial charge in [0.1, 0.15) is 5.00 Å². The van der Waals surface area contributed by atoms with E-state index in [2.05, 4.69) is 21.3 Å². The van der Waals surface area contributed by atoms with Crippen LogP contribution in [0.5, 0.6) is 0 Å². The summed E-state index contributed by atoms with van der Waals surface area (Å²) in [4.78, 5) is -0.554. The molecular weight excluding hydrogens is 273 g/mol. The minimum Gasteiger partial charge on any atom is -0.314 e. The Hall–Kier alpha value is 0.380. The summed E-state index contributed by atoms with van der Waals surface area (Å²) in [6, 6.07) is 0. The van der Waals surface area contributed by atoms with Gasteiger partial charge in [-0.3, -0.25) is 0 Å². The van der Waals surface area contributed by atoms with E-state index in [0.29, 0.717) is 6.54 Å². The SMILES string of the molecule is C[C@]1(Cl)CNCCNCCNCCNCCN1Cl. The van der Waals surface area contributed by atoms with Crippen LogP contribution in [-0.4, -0.2) is 68.3 Å². The van der Waals surface area contributed by atoms with Crippen LogP contribution in [0.2, 0.25) is 0 Å². The molecule has 1 aliphatic rings. The molecule has 0 aromatic heterocycles. The first kappa shape index (κ1) is 16.4. The standard InChI is InChI=1S/C11H25Cl2N5/c1-11(12)10-17-7-6-15-3-2-14-4-5-16-8-9-18(11)13/h14-17H,2-10H2,1H3/t11-/m1/s1. The third-order valence-corrected chi connectivity index (χ3v) is 3.84. The second-order valence-electron chi connectivity index (χ2n) is 4.65. The highest BCUT2D eigenvalue weighted by molar-refractivity contribution is 6.27. The van der Waals surface area contributed by atoms with Gasteiger partial charge >= 0.3 is 0 Å². The van der Waals surface area contributed by atoms with Gasteiger partial charge in [-0.1, -0.05) is 11.6 Å². The maximum absolute atomic E-state index is 6.40. The Labute approximate surface area is 120 Å². The van der Waals surface area contributed by atoms with Crippen LogP contribution in [0.15, 0.2) is 0 Å². The first-order chi connectivity index (χ1) is 8.63. The zero-order chi connectivity index (χ0) is 13.3. The van der Waals surface area contributed by atoms with Gasteiger partial charge in [0, 0.05) is 58.9 Å². The summed E-state index contributed by atoms with van der Waals surface area (Å²) in [5, 5.41) is 13.4. The van der Waals surface area contributed by atoms with Gasteiger partial charge in [0.2, 0.25) is 0 Å². The molecule has 1 fully saturated rings. The molecule has 5 nitrogen and oxygen atoms in total. The van der Waals surface area contributed by atoms with Crippen molar-refractivity contribution >= 4 is 23.4 Å². The lowest BCUT2D eigenvalue weighted by Crippen LogP contribution is -2.47. The van der Waals surface area contributed by atoms with Gasteiger partial charge in [-0.2, -0.15) is 4.42 Å². The second-order valence-corrected chi connectivity index (χ2v) is 5.88. The quantitative estimate of drug-likeness (QED) is 0.283. The highest BCUT2D eigenvalue weighted by Crippen LogP contribution is 2.21. The van der Waals surface area contributed by atoms with Crippen molar-refractivity contribution in [3.8, 4) is 0 Å². The number of nitrogens with one attached hydrogen (secondary N) is 4. The van der Waals surface area contributed by atoms with E-state index >= 15 is 0 Å². The van der Waals surface area contributed by atoms with Crippen molar-refractivity contribution < 1.29 is 0 Å². The van der Waals surface area contributed by atoms with Gasteiger partial charge in [0.25, 0.3) is 0 Å². The van der Waals surface area contributed by atoms with Crippen LogP contribution in [0.3, 0.4) is 0 Å². The van der Waals surface area contributed by atoms with E-state index in [1.54, 1.807) is 4.42 Å².